The van der Waals surface area contributed by atoms with Crippen molar-refractivity contribution in [2.45, 2.75) is 58.5 Å². The first kappa shape index (κ1) is 16.0. The number of Topliss-reactive ketones (excluding diaryl/α,β-unsaturated/α-hetero) is 1. The maximum absolute atomic E-state index is 12.7. The van der Waals surface area contributed by atoms with Gasteiger partial charge in [-0.2, -0.15) is 0 Å². The average Bonchev–Trinajstić information content (AvgIpc) is 2.50. The third kappa shape index (κ3) is 4.07. The van der Waals surface area contributed by atoms with Crippen LogP contribution in [0, 0.1) is 5.92 Å². The van der Waals surface area contributed by atoms with Crippen LogP contribution in [0.3, 0.4) is 0 Å². The molecule has 0 aliphatic heterocycles. The Morgan fingerprint density at radius 2 is 2.05 bits per heavy atom. The molecule has 2 rings (SSSR count). The summed E-state index contributed by atoms with van der Waals surface area (Å²) in [6, 6.07) is 7.81. The molecule has 3 heteroatoms. The van der Waals surface area contributed by atoms with Gasteiger partial charge >= 0.3 is 0 Å². The Kier molecular flexibility index (Phi) is 5.80. The lowest BCUT2D eigenvalue weighted by atomic mass is 9.85. The van der Waals surface area contributed by atoms with E-state index in [-0.39, 0.29) is 11.8 Å². The first-order valence-corrected chi connectivity index (χ1v) is 8.15. The van der Waals surface area contributed by atoms with E-state index in [1.807, 2.05) is 38.1 Å². The van der Waals surface area contributed by atoms with Crippen molar-refractivity contribution in [2.75, 3.05) is 6.61 Å². The van der Waals surface area contributed by atoms with Gasteiger partial charge in [0, 0.05) is 6.04 Å². The molecule has 116 valence electrons. The number of rotatable bonds is 6. The van der Waals surface area contributed by atoms with Gasteiger partial charge in [-0.05, 0) is 44.7 Å². The second-order valence-corrected chi connectivity index (χ2v) is 6.05. The molecule has 3 nitrogen and oxygen atoms in total. The fraction of sp³-hybridized carbons (Fsp3) is 0.611. The van der Waals surface area contributed by atoms with Crippen molar-refractivity contribution in [3.8, 4) is 5.75 Å². The molecule has 1 fully saturated rings. The van der Waals surface area contributed by atoms with Crippen molar-refractivity contribution in [2.24, 2.45) is 5.92 Å². The zero-order chi connectivity index (χ0) is 15.2. The van der Waals surface area contributed by atoms with E-state index in [9.17, 15) is 4.79 Å². The summed E-state index contributed by atoms with van der Waals surface area (Å²) in [5.74, 6) is 1.46. The average molecular weight is 289 g/mol. The third-order valence-electron chi connectivity index (χ3n) is 4.42. The third-order valence-corrected chi connectivity index (χ3v) is 4.42. The normalized spacial score (nSPS) is 23.6. The molecule has 3 unspecified atom stereocenters. The molecule has 21 heavy (non-hydrogen) atoms. The minimum atomic E-state index is -0.169. The van der Waals surface area contributed by atoms with E-state index in [4.69, 9.17) is 4.74 Å². The molecule has 0 radical (unpaired) electrons. The Morgan fingerprint density at radius 1 is 1.33 bits per heavy atom. The van der Waals surface area contributed by atoms with Crippen LogP contribution in [0.4, 0.5) is 0 Å². The first-order chi connectivity index (χ1) is 10.1. The molecule has 1 N–H and O–H groups in total. The molecular weight excluding hydrogens is 262 g/mol. The molecule has 0 aromatic heterocycles. The zero-order valence-electron chi connectivity index (χ0n) is 13.4. The molecule has 0 saturated heterocycles. The summed E-state index contributed by atoms with van der Waals surface area (Å²) in [6.07, 6.45) is 5.01. The molecule has 1 aliphatic rings. The molecule has 0 amide bonds. The quantitative estimate of drug-likeness (QED) is 0.809. The number of ketones is 1. The van der Waals surface area contributed by atoms with E-state index in [1.54, 1.807) is 0 Å². The van der Waals surface area contributed by atoms with Crippen LogP contribution in [0.5, 0.6) is 5.75 Å². The molecule has 1 aromatic carbocycles. The standard InChI is InChI=1S/C18H27NO2/c1-4-21-17-12-8-6-10-15(17)18(20)14(3)19-16-11-7-5-9-13(16)2/h6,8,10,12-14,16,19H,4-5,7,9,11H2,1-3H3. The van der Waals surface area contributed by atoms with E-state index >= 15 is 0 Å². The minimum absolute atomic E-state index is 0.122. The Labute approximate surface area is 128 Å². The van der Waals surface area contributed by atoms with Crippen molar-refractivity contribution < 1.29 is 9.53 Å². The Hall–Kier alpha value is -1.35. The number of hydrogen-bond donors (Lipinski definition) is 1. The van der Waals surface area contributed by atoms with Gasteiger partial charge in [0.1, 0.15) is 5.75 Å². The van der Waals surface area contributed by atoms with E-state index in [1.165, 1.54) is 25.7 Å². The van der Waals surface area contributed by atoms with Gasteiger partial charge in [-0.25, -0.2) is 0 Å². The van der Waals surface area contributed by atoms with Crippen LogP contribution in [-0.2, 0) is 0 Å². The van der Waals surface area contributed by atoms with E-state index < -0.39 is 0 Å². The maximum atomic E-state index is 12.7. The lowest BCUT2D eigenvalue weighted by Gasteiger charge is -2.32. The summed E-state index contributed by atoms with van der Waals surface area (Å²) in [4.78, 5) is 12.7. The summed E-state index contributed by atoms with van der Waals surface area (Å²) in [5.41, 5.74) is 0.683. The fourth-order valence-electron chi connectivity index (χ4n) is 3.15. The predicted molar refractivity (Wildman–Crippen MR) is 86.0 cm³/mol. The van der Waals surface area contributed by atoms with Crippen LogP contribution in [0.25, 0.3) is 0 Å². The second kappa shape index (κ2) is 7.60. The monoisotopic (exact) mass is 289 g/mol. The van der Waals surface area contributed by atoms with Gasteiger partial charge in [0.25, 0.3) is 0 Å². The van der Waals surface area contributed by atoms with Crippen molar-refractivity contribution in [3.63, 3.8) is 0 Å². The topological polar surface area (TPSA) is 38.3 Å². The summed E-state index contributed by atoms with van der Waals surface area (Å²) in [7, 11) is 0. The van der Waals surface area contributed by atoms with Gasteiger partial charge < -0.3 is 10.1 Å². The summed E-state index contributed by atoms with van der Waals surface area (Å²) >= 11 is 0. The smallest absolute Gasteiger partial charge is 0.183 e. The van der Waals surface area contributed by atoms with Gasteiger partial charge in [0.2, 0.25) is 0 Å². The molecule has 1 saturated carbocycles. The molecule has 1 aliphatic carbocycles. The van der Waals surface area contributed by atoms with Gasteiger partial charge in [0.15, 0.2) is 5.78 Å². The van der Waals surface area contributed by atoms with Crippen LogP contribution in [0.15, 0.2) is 24.3 Å². The Balaban J connectivity index is 2.05. The van der Waals surface area contributed by atoms with Crippen LogP contribution in [0.1, 0.15) is 56.8 Å². The molecule has 0 spiro atoms. The summed E-state index contributed by atoms with van der Waals surface area (Å²) < 4.78 is 5.57. The van der Waals surface area contributed by atoms with E-state index in [0.29, 0.717) is 29.9 Å². The molecular formula is C18H27NO2. The molecule has 0 bridgehead atoms. The highest BCUT2D eigenvalue weighted by Crippen LogP contribution is 2.25. The van der Waals surface area contributed by atoms with Crippen LogP contribution >= 0.6 is 0 Å². The Bertz CT molecular complexity index is 472. The highest BCUT2D eigenvalue weighted by atomic mass is 16.5. The highest BCUT2D eigenvalue weighted by Gasteiger charge is 2.26. The largest absolute Gasteiger partial charge is 0.493 e. The lowest BCUT2D eigenvalue weighted by molar-refractivity contribution is 0.0929. The van der Waals surface area contributed by atoms with Crippen molar-refractivity contribution in [3.05, 3.63) is 29.8 Å². The number of carbonyl (C=O) groups is 1. The second-order valence-electron chi connectivity index (χ2n) is 6.05. The first-order valence-electron chi connectivity index (χ1n) is 8.15. The molecule has 1 aromatic rings. The van der Waals surface area contributed by atoms with Gasteiger partial charge in [-0.15, -0.1) is 0 Å². The number of ether oxygens (including phenoxy) is 1. The van der Waals surface area contributed by atoms with E-state index in [2.05, 4.69) is 12.2 Å². The number of hydrogen-bond acceptors (Lipinski definition) is 3. The summed E-state index contributed by atoms with van der Waals surface area (Å²) in [5, 5.41) is 3.53. The predicted octanol–water partition coefficient (Wildman–Crippen LogP) is 3.82. The highest BCUT2D eigenvalue weighted by molar-refractivity contribution is 6.02. The SMILES string of the molecule is CCOc1ccccc1C(=O)C(C)NC1CCCCC1C. The Morgan fingerprint density at radius 3 is 2.76 bits per heavy atom. The van der Waals surface area contributed by atoms with Crippen molar-refractivity contribution in [1.82, 2.24) is 5.32 Å². The van der Waals surface area contributed by atoms with Gasteiger partial charge in [-0.1, -0.05) is 31.9 Å². The van der Waals surface area contributed by atoms with Crippen LogP contribution < -0.4 is 10.1 Å². The van der Waals surface area contributed by atoms with Crippen molar-refractivity contribution in [1.29, 1.82) is 0 Å². The number of nitrogens with one attached hydrogen (secondary N) is 1. The van der Waals surface area contributed by atoms with E-state index in [0.717, 1.165) is 0 Å². The van der Waals surface area contributed by atoms with Gasteiger partial charge in [0.05, 0.1) is 18.2 Å². The van der Waals surface area contributed by atoms with Gasteiger partial charge in [-0.3, -0.25) is 4.79 Å². The maximum Gasteiger partial charge on any atom is 0.183 e. The summed E-state index contributed by atoms with van der Waals surface area (Å²) in [6.45, 7) is 6.76. The number of carbonyl (C=O) groups excluding carboxylic acids is 1. The van der Waals surface area contributed by atoms with Crippen LogP contribution in [0.2, 0.25) is 0 Å². The van der Waals surface area contributed by atoms with Crippen LogP contribution in [-0.4, -0.2) is 24.5 Å². The molecule has 0 heterocycles. The fourth-order valence-corrected chi connectivity index (χ4v) is 3.15. The van der Waals surface area contributed by atoms with Crippen molar-refractivity contribution >= 4 is 5.78 Å². The minimum Gasteiger partial charge on any atom is -0.493 e. The lowest BCUT2D eigenvalue weighted by Crippen LogP contribution is -2.45. The molecule has 3 atom stereocenters. The zero-order valence-corrected chi connectivity index (χ0v) is 13.4. The number of para-hydroxylation sites is 1. The number of benzene rings is 1.